The number of anilines is 1. The molecular weight excluding hydrogens is 355 g/mol. The summed E-state index contributed by atoms with van der Waals surface area (Å²) in [6, 6.07) is 6.18. The summed E-state index contributed by atoms with van der Waals surface area (Å²) in [5.41, 5.74) is 2.16. The van der Waals surface area contributed by atoms with Crippen molar-refractivity contribution < 1.29 is 14.3 Å². The van der Waals surface area contributed by atoms with Crippen LogP contribution in [0.5, 0.6) is 0 Å². The van der Waals surface area contributed by atoms with Gasteiger partial charge in [-0.2, -0.15) is 0 Å². The highest BCUT2D eigenvalue weighted by Crippen LogP contribution is 2.51. The van der Waals surface area contributed by atoms with E-state index in [1.54, 1.807) is 0 Å². The summed E-state index contributed by atoms with van der Waals surface area (Å²) in [5, 5.41) is 12.6. The minimum absolute atomic E-state index is 0.0166. The molecule has 2 aliphatic rings. The zero-order chi connectivity index (χ0) is 18.4. The summed E-state index contributed by atoms with van der Waals surface area (Å²) in [6.45, 7) is 0. The van der Waals surface area contributed by atoms with E-state index in [4.69, 9.17) is 11.6 Å². The normalized spacial score (nSPS) is 27.5. The summed E-state index contributed by atoms with van der Waals surface area (Å²) < 4.78 is 15.1. The van der Waals surface area contributed by atoms with Crippen molar-refractivity contribution in [3.05, 3.63) is 52.6 Å². The van der Waals surface area contributed by atoms with Gasteiger partial charge in [-0.1, -0.05) is 11.6 Å². The molecule has 1 aromatic heterocycles. The Morgan fingerprint density at radius 1 is 1.23 bits per heavy atom. The third-order valence-electron chi connectivity index (χ3n) is 5.93. The number of aliphatic hydroxyl groups excluding tert-OH is 1. The lowest BCUT2D eigenvalue weighted by Crippen LogP contribution is -2.18. The van der Waals surface area contributed by atoms with Crippen molar-refractivity contribution in [2.45, 2.75) is 37.7 Å². The van der Waals surface area contributed by atoms with Crippen molar-refractivity contribution in [3.63, 3.8) is 0 Å². The molecule has 4 nitrogen and oxygen atoms in total. The average Bonchev–Trinajstić information content (AvgIpc) is 3.23. The van der Waals surface area contributed by atoms with Crippen LogP contribution in [0.1, 0.15) is 47.7 Å². The summed E-state index contributed by atoms with van der Waals surface area (Å²) in [5.74, 6) is 0.733. The van der Waals surface area contributed by atoms with Crippen LogP contribution in [0.4, 0.5) is 10.1 Å². The lowest BCUT2D eigenvalue weighted by Gasteiger charge is -2.15. The van der Waals surface area contributed by atoms with E-state index in [1.807, 2.05) is 23.9 Å². The van der Waals surface area contributed by atoms with Gasteiger partial charge in [0.1, 0.15) is 11.5 Å². The van der Waals surface area contributed by atoms with Crippen LogP contribution in [0.25, 0.3) is 0 Å². The lowest BCUT2D eigenvalue weighted by atomic mass is 9.94. The number of hydrogen-bond donors (Lipinski definition) is 2. The van der Waals surface area contributed by atoms with Crippen molar-refractivity contribution in [1.29, 1.82) is 0 Å². The molecule has 0 bridgehead atoms. The highest BCUT2D eigenvalue weighted by Gasteiger charge is 2.42. The number of aryl methyl sites for hydroxylation is 1. The number of carbonyl (C=O) groups excluding carboxylic acids is 1. The first-order chi connectivity index (χ1) is 12.4. The van der Waals surface area contributed by atoms with E-state index in [0.717, 1.165) is 31.2 Å². The standard InChI is InChI=1S/C20H22ClFN2O2/c1-24-5-4-16(13-6-11-8-15(25)9-12(11)7-13)19(24)20(26)23-14-2-3-18(22)17(21)10-14/h2-5,10-13,15,25H,6-9H2,1H3,(H,23,26). The lowest BCUT2D eigenvalue weighted by molar-refractivity contribution is 0.101. The largest absolute Gasteiger partial charge is 0.393 e. The summed E-state index contributed by atoms with van der Waals surface area (Å²) in [6.07, 6.45) is 5.55. The molecule has 0 aliphatic heterocycles. The van der Waals surface area contributed by atoms with Gasteiger partial charge in [-0.05, 0) is 73.3 Å². The van der Waals surface area contributed by atoms with Gasteiger partial charge in [0.15, 0.2) is 0 Å². The number of aromatic nitrogens is 1. The first kappa shape index (κ1) is 17.6. The minimum atomic E-state index is -0.510. The number of carbonyl (C=O) groups is 1. The minimum Gasteiger partial charge on any atom is -0.393 e. The zero-order valence-electron chi connectivity index (χ0n) is 14.6. The molecule has 0 radical (unpaired) electrons. The molecule has 1 aromatic carbocycles. The van der Waals surface area contributed by atoms with Gasteiger partial charge in [0.2, 0.25) is 0 Å². The SMILES string of the molecule is Cn1ccc(C2CC3CC(O)CC3C2)c1C(=O)Nc1ccc(F)c(Cl)c1. The average molecular weight is 377 g/mol. The van der Waals surface area contributed by atoms with Gasteiger partial charge in [-0.25, -0.2) is 4.39 Å². The number of amides is 1. The number of benzene rings is 1. The Labute approximate surface area is 157 Å². The van der Waals surface area contributed by atoms with Gasteiger partial charge in [0.05, 0.1) is 11.1 Å². The summed E-state index contributed by atoms with van der Waals surface area (Å²) in [4.78, 5) is 12.9. The molecule has 1 amide bonds. The Hall–Kier alpha value is -1.85. The van der Waals surface area contributed by atoms with E-state index in [0.29, 0.717) is 29.1 Å². The second-order valence-corrected chi connectivity index (χ2v) is 8.03. The highest BCUT2D eigenvalue weighted by atomic mass is 35.5. The summed E-state index contributed by atoms with van der Waals surface area (Å²) in [7, 11) is 1.86. The molecule has 2 unspecified atom stereocenters. The van der Waals surface area contributed by atoms with Gasteiger partial charge in [0, 0.05) is 18.9 Å². The fourth-order valence-corrected chi connectivity index (χ4v) is 4.95. The van der Waals surface area contributed by atoms with Crippen molar-refractivity contribution in [3.8, 4) is 0 Å². The molecule has 2 atom stereocenters. The fraction of sp³-hybridized carbons (Fsp3) is 0.450. The highest BCUT2D eigenvalue weighted by molar-refractivity contribution is 6.31. The molecule has 1 heterocycles. The van der Waals surface area contributed by atoms with Crippen LogP contribution in [0, 0.1) is 17.7 Å². The smallest absolute Gasteiger partial charge is 0.272 e. The van der Waals surface area contributed by atoms with E-state index in [1.165, 1.54) is 18.2 Å². The number of halogens is 2. The summed E-state index contributed by atoms with van der Waals surface area (Å²) >= 11 is 5.80. The maximum Gasteiger partial charge on any atom is 0.272 e. The first-order valence-corrected chi connectivity index (χ1v) is 9.40. The van der Waals surface area contributed by atoms with Crippen LogP contribution in [0.3, 0.4) is 0 Å². The fourth-order valence-electron chi connectivity index (χ4n) is 4.77. The third kappa shape index (κ3) is 3.14. The number of nitrogens with one attached hydrogen (secondary N) is 1. The molecule has 2 fully saturated rings. The maximum absolute atomic E-state index is 13.3. The Morgan fingerprint density at radius 3 is 2.58 bits per heavy atom. The van der Waals surface area contributed by atoms with Crippen molar-refractivity contribution >= 4 is 23.2 Å². The number of nitrogens with zero attached hydrogens (tertiary/aromatic N) is 1. The van der Waals surface area contributed by atoms with Crippen LogP contribution >= 0.6 is 11.6 Å². The molecule has 0 saturated heterocycles. The van der Waals surface area contributed by atoms with Gasteiger partial charge < -0.3 is 15.0 Å². The molecule has 4 rings (SSSR count). The molecule has 2 saturated carbocycles. The molecular formula is C20H22ClFN2O2. The van der Waals surface area contributed by atoms with Gasteiger partial charge in [-0.15, -0.1) is 0 Å². The van der Waals surface area contributed by atoms with E-state index < -0.39 is 5.82 Å². The van der Waals surface area contributed by atoms with Crippen molar-refractivity contribution in [2.75, 3.05) is 5.32 Å². The number of aliphatic hydroxyl groups is 1. The van der Waals surface area contributed by atoms with Crippen LogP contribution in [-0.4, -0.2) is 21.7 Å². The number of hydrogen-bond acceptors (Lipinski definition) is 2. The molecule has 0 spiro atoms. The first-order valence-electron chi connectivity index (χ1n) is 9.02. The molecule has 26 heavy (non-hydrogen) atoms. The van der Waals surface area contributed by atoms with E-state index in [9.17, 15) is 14.3 Å². The predicted molar refractivity (Wildman–Crippen MR) is 99.0 cm³/mol. The predicted octanol–water partition coefficient (Wildman–Crippen LogP) is 4.33. The molecule has 6 heteroatoms. The second-order valence-electron chi connectivity index (χ2n) is 7.63. The van der Waals surface area contributed by atoms with Crippen molar-refractivity contribution in [2.24, 2.45) is 18.9 Å². The Morgan fingerprint density at radius 2 is 1.92 bits per heavy atom. The van der Waals surface area contributed by atoms with Crippen LogP contribution in [0.15, 0.2) is 30.5 Å². The van der Waals surface area contributed by atoms with E-state index in [-0.39, 0.29) is 17.0 Å². The Balaban J connectivity index is 1.55. The van der Waals surface area contributed by atoms with Crippen LogP contribution in [0.2, 0.25) is 5.02 Å². The molecule has 2 aliphatic carbocycles. The Kier molecular flexibility index (Phi) is 4.53. The van der Waals surface area contributed by atoms with Gasteiger partial charge in [0.25, 0.3) is 5.91 Å². The number of fused-ring (bicyclic) bond motifs is 1. The topological polar surface area (TPSA) is 54.3 Å². The van der Waals surface area contributed by atoms with Gasteiger partial charge >= 0.3 is 0 Å². The third-order valence-corrected chi connectivity index (χ3v) is 6.22. The molecule has 138 valence electrons. The molecule has 2 N–H and O–H groups in total. The quantitative estimate of drug-likeness (QED) is 0.837. The Bertz CT molecular complexity index is 836. The second kappa shape index (κ2) is 6.71. The zero-order valence-corrected chi connectivity index (χ0v) is 15.3. The van der Waals surface area contributed by atoms with Crippen LogP contribution in [-0.2, 0) is 7.05 Å². The van der Waals surface area contributed by atoms with Crippen molar-refractivity contribution in [1.82, 2.24) is 4.57 Å². The van der Waals surface area contributed by atoms with E-state index in [2.05, 4.69) is 5.32 Å². The molecule has 2 aromatic rings. The number of rotatable bonds is 3. The van der Waals surface area contributed by atoms with Crippen LogP contribution < -0.4 is 5.32 Å². The maximum atomic E-state index is 13.3. The monoisotopic (exact) mass is 376 g/mol. The van der Waals surface area contributed by atoms with E-state index >= 15 is 0 Å². The van der Waals surface area contributed by atoms with Gasteiger partial charge in [-0.3, -0.25) is 4.79 Å².